The van der Waals surface area contributed by atoms with Crippen LogP contribution in [-0.2, 0) is 9.47 Å². The molecule has 0 bridgehead atoms. The molecular weight excluding hydrogens is 250 g/mol. The maximum Gasteiger partial charge on any atom is 0.273 e. The number of nitro benzene ring substituents is 1. The van der Waals surface area contributed by atoms with Gasteiger partial charge in [-0.15, -0.1) is 0 Å². The van der Waals surface area contributed by atoms with Crippen LogP contribution in [0.5, 0.6) is 0 Å². The van der Waals surface area contributed by atoms with Crippen molar-refractivity contribution in [1.82, 2.24) is 0 Å². The summed E-state index contributed by atoms with van der Waals surface area (Å²) in [5, 5.41) is 10.8. The van der Waals surface area contributed by atoms with E-state index < -0.39 is 4.92 Å². The van der Waals surface area contributed by atoms with Gasteiger partial charge in [-0.1, -0.05) is 0 Å². The third-order valence-corrected chi connectivity index (χ3v) is 2.63. The molecule has 0 fully saturated rings. The number of nitro groups is 1. The Morgan fingerprint density at radius 3 is 2.26 bits per heavy atom. The topological polar surface area (TPSA) is 90.9 Å². The van der Waals surface area contributed by atoms with Crippen molar-refractivity contribution in [1.29, 1.82) is 0 Å². The van der Waals surface area contributed by atoms with Crippen molar-refractivity contribution in [3.63, 3.8) is 0 Å². The standard InChI is InChI=1S/C12H19N3O4/c1-18-5-3-14(4-6-19-2)11-7-10(13)8-12(9-11)15(16)17/h7-9H,3-6,13H2,1-2H3. The van der Waals surface area contributed by atoms with Gasteiger partial charge in [-0.3, -0.25) is 10.1 Å². The van der Waals surface area contributed by atoms with Crippen LogP contribution in [0, 0.1) is 10.1 Å². The molecule has 0 spiro atoms. The lowest BCUT2D eigenvalue weighted by Crippen LogP contribution is -2.30. The molecule has 0 aromatic heterocycles. The van der Waals surface area contributed by atoms with Crippen molar-refractivity contribution in [3.05, 3.63) is 28.3 Å². The number of methoxy groups -OCH3 is 2. The van der Waals surface area contributed by atoms with Crippen molar-refractivity contribution < 1.29 is 14.4 Å². The third kappa shape index (κ3) is 4.72. The van der Waals surface area contributed by atoms with E-state index >= 15 is 0 Å². The normalized spacial score (nSPS) is 10.4. The van der Waals surface area contributed by atoms with E-state index in [2.05, 4.69) is 0 Å². The predicted molar refractivity (Wildman–Crippen MR) is 73.5 cm³/mol. The van der Waals surface area contributed by atoms with Gasteiger partial charge in [0.1, 0.15) is 0 Å². The summed E-state index contributed by atoms with van der Waals surface area (Å²) in [6.07, 6.45) is 0. The van der Waals surface area contributed by atoms with Crippen molar-refractivity contribution >= 4 is 17.1 Å². The molecule has 0 amide bonds. The maximum atomic E-state index is 10.8. The second kappa shape index (κ2) is 7.55. The summed E-state index contributed by atoms with van der Waals surface area (Å²) in [4.78, 5) is 12.3. The van der Waals surface area contributed by atoms with Gasteiger partial charge in [-0.25, -0.2) is 0 Å². The van der Waals surface area contributed by atoms with E-state index in [1.807, 2.05) is 4.90 Å². The first kappa shape index (κ1) is 15.2. The number of nitrogens with two attached hydrogens (primary N) is 1. The number of hydrogen-bond acceptors (Lipinski definition) is 6. The first-order valence-electron chi connectivity index (χ1n) is 5.86. The Labute approximate surface area is 112 Å². The average molecular weight is 269 g/mol. The van der Waals surface area contributed by atoms with E-state index in [9.17, 15) is 10.1 Å². The predicted octanol–water partition coefficient (Wildman–Crippen LogP) is 1.28. The number of anilines is 2. The molecule has 0 radical (unpaired) electrons. The van der Waals surface area contributed by atoms with Crippen LogP contribution in [0.25, 0.3) is 0 Å². The molecule has 2 N–H and O–H groups in total. The summed E-state index contributed by atoms with van der Waals surface area (Å²) >= 11 is 0. The molecule has 19 heavy (non-hydrogen) atoms. The largest absolute Gasteiger partial charge is 0.398 e. The van der Waals surface area contributed by atoms with Gasteiger partial charge in [0, 0.05) is 50.8 Å². The summed E-state index contributed by atoms with van der Waals surface area (Å²) < 4.78 is 10.1. The molecule has 0 aliphatic heterocycles. The Hall–Kier alpha value is -1.86. The molecule has 1 aromatic rings. The zero-order valence-electron chi connectivity index (χ0n) is 11.2. The molecular formula is C12H19N3O4. The van der Waals surface area contributed by atoms with E-state index in [-0.39, 0.29) is 5.69 Å². The quantitative estimate of drug-likeness (QED) is 0.434. The Morgan fingerprint density at radius 2 is 1.79 bits per heavy atom. The monoisotopic (exact) mass is 269 g/mol. The van der Waals surface area contributed by atoms with Gasteiger partial charge in [0.05, 0.1) is 18.1 Å². The van der Waals surface area contributed by atoms with E-state index in [0.29, 0.717) is 37.7 Å². The summed E-state index contributed by atoms with van der Waals surface area (Å²) in [7, 11) is 3.21. The molecule has 0 unspecified atom stereocenters. The van der Waals surface area contributed by atoms with Crippen LogP contribution in [0.4, 0.5) is 17.1 Å². The lowest BCUT2D eigenvalue weighted by atomic mass is 10.2. The highest BCUT2D eigenvalue weighted by atomic mass is 16.6. The zero-order valence-corrected chi connectivity index (χ0v) is 11.2. The smallest absolute Gasteiger partial charge is 0.273 e. The Kier molecular flexibility index (Phi) is 6.04. The van der Waals surface area contributed by atoms with E-state index in [1.54, 1.807) is 20.3 Å². The molecule has 0 atom stereocenters. The Balaban J connectivity index is 2.95. The average Bonchev–Trinajstić information content (AvgIpc) is 2.38. The fourth-order valence-corrected chi connectivity index (χ4v) is 1.68. The highest BCUT2D eigenvalue weighted by Gasteiger charge is 2.13. The van der Waals surface area contributed by atoms with Gasteiger partial charge in [0.25, 0.3) is 5.69 Å². The van der Waals surface area contributed by atoms with Gasteiger partial charge in [-0.05, 0) is 6.07 Å². The van der Waals surface area contributed by atoms with Crippen LogP contribution in [0.2, 0.25) is 0 Å². The molecule has 0 saturated heterocycles. The minimum absolute atomic E-state index is 0.0187. The van der Waals surface area contributed by atoms with E-state index in [4.69, 9.17) is 15.2 Å². The summed E-state index contributed by atoms with van der Waals surface area (Å²) in [6.45, 7) is 2.26. The maximum absolute atomic E-state index is 10.8. The molecule has 106 valence electrons. The summed E-state index contributed by atoms with van der Waals surface area (Å²) in [5.74, 6) is 0. The zero-order chi connectivity index (χ0) is 14.3. The molecule has 0 saturated carbocycles. The second-order valence-electron chi connectivity index (χ2n) is 4.01. The molecule has 1 rings (SSSR count). The number of non-ortho nitro benzene ring substituents is 1. The molecule has 7 nitrogen and oxygen atoms in total. The van der Waals surface area contributed by atoms with Crippen LogP contribution in [0.3, 0.4) is 0 Å². The minimum Gasteiger partial charge on any atom is -0.398 e. The fourth-order valence-electron chi connectivity index (χ4n) is 1.68. The first-order valence-corrected chi connectivity index (χ1v) is 5.86. The highest BCUT2D eigenvalue weighted by Crippen LogP contribution is 2.25. The first-order chi connectivity index (χ1) is 9.08. The van der Waals surface area contributed by atoms with Crippen LogP contribution >= 0.6 is 0 Å². The van der Waals surface area contributed by atoms with Gasteiger partial charge < -0.3 is 20.1 Å². The second-order valence-corrected chi connectivity index (χ2v) is 4.01. The van der Waals surface area contributed by atoms with Gasteiger partial charge in [-0.2, -0.15) is 0 Å². The lowest BCUT2D eigenvalue weighted by molar-refractivity contribution is -0.384. The number of ether oxygens (including phenoxy) is 2. The van der Waals surface area contributed by atoms with Gasteiger partial charge in [0.2, 0.25) is 0 Å². The lowest BCUT2D eigenvalue weighted by Gasteiger charge is -2.24. The van der Waals surface area contributed by atoms with Crippen molar-refractivity contribution in [2.75, 3.05) is 51.2 Å². The van der Waals surface area contributed by atoms with Gasteiger partial charge in [0.15, 0.2) is 0 Å². The molecule has 0 heterocycles. The summed E-state index contributed by atoms with van der Waals surface area (Å²) in [5.41, 5.74) is 6.74. The van der Waals surface area contributed by atoms with Crippen LogP contribution < -0.4 is 10.6 Å². The van der Waals surface area contributed by atoms with Crippen LogP contribution in [0.1, 0.15) is 0 Å². The molecule has 1 aromatic carbocycles. The van der Waals surface area contributed by atoms with Crippen LogP contribution in [-0.4, -0.2) is 45.4 Å². The third-order valence-electron chi connectivity index (χ3n) is 2.63. The van der Waals surface area contributed by atoms with Crippen LogP contribution in [0.15, 0.2) is 18.2 Å². The Bertz CT molecular complexity index is 417. The SMILES string of the molecule is COCCN(CCOC)c1cc(N)cc([N+](=O)[O-])c1. The number of nitrogen functional groups attached to an aromatic ring is 1. The van der Waals surface area contributed by atoms with Crippen molar-refractivity contribution in [2.24, 2.45) is 0 Å². The molecule has 0 aliphatic carbocycles. The highest BCUT2D eigenvalue weighted by molar-refractivity contribution is 5.62. The molecule has 7 heteroatoms. The molecule has 0 aliphatic rings. The fraction of sp³-hybridized carbons (Fsp3) is 0.500. The summed E-state index contributed by atoms with van der Waals surface area (Å²) in [6, 6.07) is 4.55. The van der Waals surface area contributed by atoms with Crippen molar-refractivity contribution in [3.8, 4) is 0 Å². The number of nitrogens with zero attached hydrogens (tertiary/aromatic N) is 2. The number of hydrogen-bond donors (Lipinski definition) is 1. The Morgan fingerprint density at radius 1 is 1.21 bits per heavy atom. The van der Waals surface area contributed by atoms with Crippen molar-refractivity contribution in [2.45, 2.75) is 0 Å². The number of rotatable bonds is 8. The van der Waals surface area contributed by atoms with E-state index in [1.165, 1.54) is 12.1 Å². The minimum atomic E-state index is -0.454. The number of benzene rings is 1. The van der Waals surface area contributed by atoms with Gasteiger partial charge >= 0.3 is 0 Å². The van der Waals surface area contributed by atoms with E-state index in [0.717, 1.165) is 0 Å².